The smallest absolute Gasteiger partial charge is 0.253 e. The van der Waals surface area contributed by atoms with Gasteiger partial charge in [-0.2, -0.15) is 0 Å². The molecule has 1 aromatic carbocycles. The molecule has 0 bridgehead atoms. The highest BCUT2D eigenvalue weighted by atomic mass is 16.2. The third-order valence-corrected chi connectivity index (χ3v) is 3.24. The molecule has 0 saturated carbocycles. The van der Waals surface area contributed by atoms with E-state index in [0.29, 0.717) is 5.92 Å². The van der Waals surface area contributed by atoms with Gasteiger partial charge < -0.3 is 4.90 Å². The van der Waals surface area contributed by atoms with E-state index >= 15 is 0 Å². The van der Waals surface area contributed by atoms with Crippen LogP contribution in [-0.2, 0) is 0 Å². The lowest BCUT2D eigenvalue weighted by atomic mass is 9.99. The van der Waals surface area contributed by atoms with E-state index in [1.54, 1.807) is 0 Å². The van der Waals surface area contributed by atoms with Crippen molar-refractivity contribution in [2.45, 2.75) is 19.8 Å². The lowest BCUT2D eigenvalue weighted by Crippen LogP contribution is -2.39. The fraction of sp³-hybridized carbons (Fsp3) is 0.400. The van der Waals surface area contributed by atoms with Gasteiger partial charge in [0.05, 0.1) is 0 Å². The number of likely N-dealkylation sites (tertiary alicyclic amines) is 1. The lowest BCUT2D eigenvalue weighted by molar-refractivity contribution is 0.0683. The van der Waals surface area contributed by atoms with E-state index in [9.17, 15) is 4.79 Å². The summed E-state index contributed by atoms with van der Waals surface area (Å²) in [6.45, 7) is 3.94. The number of hydrogen-bond acceptors (Lipinski definition) is 1. The molecule has 1 fully saturated rings. The minimum absolute atomic E-state index is 0.125. The predicted molar refractivity (Wildman–Crippen MR) is 68.7 cm³/mol. The van der Waals surface area contributed by atoms with Gasteiger partial charge in [-0.3, -0.25) is 4.79 Å². The summed E-state index contributed by atoms with van der Waals surface area (Å²) in [4.78, 5) is 14.2. The second kappa shape index (κ2) is 5.05. The Kier molecular flexibility index (Phi) is 3.49. The van der Waals surface area contributed by atoms with Gasteiger partial charge in [0.2, 0.25) is 0 Å². The van der Waals surface area contributed by atoms with E-state index in [2.05, 4.69) is 12.8 Å². The number of amides is 1. The monoisotopic (exact) mass is 227 g/mol. The summed E-state index contributed by atoms with van der Waals surface area (Å²) in [7, 11) is 0. The fourth-order valence-corrected chi connectivity index (χ4v) is 2.27. The molecule has 1 heterocycles. The fourth-order valence-electron chi connectivity index (χ4n) is 2.27. The summed E-state index contributed by atoms with van der Waals surface area (Å²) in [6, 6.07) is 7.27. The first-order valence-corrected chi connectivity index (χ1v) is 6.06. The number of carbonyl (C=O) groups is 1. The van der Waals surface area contributed by atoms with Crippen LogP contribution in [0.25, 0.3) is 0 Å². The van der Waals surface area contributed by atoms with E-state index < -0.39 is 0 Å². The Bertz CT molecular complexity index is 441. The summed E-state index contributed by atoms with van der Waals surface area (Å²) < 4.78 is 0. The Hall–Kier alpha value is -1.75. The molecular weight excluding hydrogens is 210 g/mol. The zero-order chi connectivity index (χ0) is 12.3. The highest BCUT2D eigenvalue weighted by Crippen LogP contribution is 2.18. The van der Waals surface area contributed by atoms with Crippen LogP contribution >= 0.6 is 0 Å². The molecule has 0 aliphatic carbocycles. The summed E-state index contributed by atoms with van der Waals surface area (Å²) >= 11 is 0. The Morgan fingerprint density at radius 2 is 2.12 bits per heavy atom. The van der Waals surface area contributed by atoms with Crippen LogP contribution in [0, 0.1) is 18.3 Å². The van der Waals surface area contributed by atoms with Crippen LogP contribution in [-0.4, -0.2) is 23.9 Å². The first-order chi connectivity index (χ1) is 8.20. The molecule has 0 spiro atoms. The first-order valence-electron chi connectivity index (χ1n) is 6.06. The van der Waals surface area contributed by atoms with Crippen LogP contribution in [0.15, 0.2) is 24.3 Å². The molecule has 0 aromatic heterocycles. The van der Waals surface area contributed by atoms with Crippen molar-refractivity contribution in [2.24, 2.45) is 5.92 Å². The van der Waals surface area contributed by atoms with E-state index in [4.69, 9.17) is 6.42 Å². The first kappa shape index (κ1) is 11.7. The quantitative estimate of drug-likeness (QED) is 0.675. The summed E-state index contributed by atoms with van der Waals surface area (Å²) in [6.07, 6.45) is 7.62. The Labute approximate surface area is 103 Å². The third kappa shape index (κ3) is 2.68. The molecule has 2 nitrogen and oxygen atoms in total. The molecule has 0 radical (unpaired) electrons. The number of piperidine rings is 1. The molecule has 1 aliphatic rings. The molecule has 2 heteroatoms. The minimum Gasteiger partial charge on any atom is -0.338 e. The molecular formula is C15H17NO. The van der Waals surface area contributed by atoms with E-state index in [1.807, 2.05) is 29.2 Å². The van der Waals surface area contributed by atoms with Crippen LogP contribution in [0.3, 0.4) is 0 Å². The molecule has 1 amide bonds. The van der Waals surface area contributed by atoms with Crippen molar-refractivity contribution in [2.75, 3.05) is 13.1 Å². The summed E-state index contributed by atoms with van der Waals surface area (Å²) in [5, 5.41) is 0. The number of benzene rings is 1. The summed E-state index contributed by atoms with van der Waals surface area (Å²) in [5.41, 5.74) is 1.55. The number of rotatable bonds is 1. The maximum Gasteiger partial charge on any atom is 0.253 e. The van der Waals surface area contributed by atoms with Crippen LogP contribution < -0.4 is 0 Å². The van der Waals surface area contributed by atoms with Crippen LogP contribution in [0.5, 0.6) is 0 Å². The SMILES string of the molecule is C#Cc1ccc(C(=O)N2CCCC(C)C2)cc1. The van der Waals surface area contributed by atoms with Crippen LogP contribution in [0.1, 0.15) is 35.7 Å². The summed E-state index contributed by atoms with van der Waals surface area (Å²) in [5.74, 6) is 3.29. The van der Waals surface area contributed by atoms with Crippen molar-refractivity contribution in [3.05, 3.63) is 35.4 Å². The van der Waals surface area contributed by atoms with Gasteiger partial charge in [-0.25, -0.2) is 0 Å². The maximum atomic E-state index is 12.2. The molecule has 17 heavy (non-hydrogen) atoms. The largest absolute Gasteiger partial charge is 0.338 e. The highest BCUT2D eigenvalue weighted by molar-refractivity contribution is 5.94. The number of carbonyl (C=O) groups excluding carboxylic acids is 1. The van der Waals surface area contributed by atoms with Crippen molar-refractivity contribution in [3.8, 4) is 12.3 Å². The average Bonchev–Trinajstić information content (AvgIpc) is 2.38. The average molecular weight is 227 g/mol. The zero-order valence-corrected chi connectivity index (χ0v) is 10.1. The van der Waals surface area contributed by atoms with Gasteiger partial charge in [0.25, 0.3) is 5.91 Å². The van der Waals surface area contributed by atoms with E-state index in [0.717, 1.165) is 30.6 Å². The van der Waals surface area contributed by atoms with E-state index in [1.165, 1.54) is 6.42 Å². The Balaban J connectivity index is 2.11. The van der Waals surface area contributed by atoms with Crippen molar-refractivity contribution >= 4 is 5.91 Å². The van der Waals surface area contributed by atoms with Gasteiger partial charge in [-0.1, -0.05) is 12.8 Å². The molecule has 2 rings (SSSR count). The molecule has 1 unspecified atom stereocenters. The van der Waals surface area contributed by atoms with E-state index in [-0.39, 0.29) is 5.91 Å². The standard InChI is InChI=1S/C15H17NO/c1-3-13-6-8-14(9-7-13)15(17)16-10-4-5-12(2)11-16/h1,6-9,12H,4-5,10-11H2,2H3. The van der Waals surface area contributed by atoms with Crippen molar-refractivity contribution in [1.29, 1.82) is 0 Å². The molecule has 1 atom stereocenters. The Morgan fingerprint density at radius 1 is 1.41 bits per heavy atom. The molecule has 88 valence electrons. The van der Waals surface area contributed by atoms with Gasteiger partial charge in [0.15, 0.2) is 0 Å². The minimum atomic E-state index is 0.125. The third-order valence-electron chi connectivity index (χ3n) is 3.24. The van der Waals surface area contributed by atoms with Crippen LogP contribution in [0.4, 0.5) is 0 Å². The molecule has 0 N–H and O–H groups in total. The van der Waals surface area contributed by atoms with Gasteiger partial charge in [-0.15, -0.1) is 6.42 Å². The molecule has 1 aromatic rings. The topological polar surface area (TPSA) is 20.3 Å². The number of terminal acetylenes is 1. The second-order valence-corrected chi connectivity index (χ2v) is 4.72. The number of hydrogen-bond donors (Lipinski definition) is 0. The van der Waals surface area contributed by atoms with Gasteiger partial charge in [0.1, 0.15) is 0 Å². The second-order valence-electron chi connectivity index (χ2n) is 4.72. The zero-order valence-electron chi connectivity index (χ0n) is 10.1. The predicted octanol–water partition coefficient (Wildman–Crippen LogP) is 2.54. The van der Waals surface area contributed by atoms with Gasteiger partial charge in [0, 0.05) is 24.2 Å². The van der Waals surface area contributed by atoms with Gasteiger partial charge in [-0.05, 0) is 43.0 Å². The van der Waals surface area contributed by atoms with Crippen LogP contribution in [0.2, 0.25) is 0 Å². The molecule has 1 saturated heterocycles. The van der Waals surface area contributed by atoms with Crippen molar-refractivity contribution < 1.29 is 4.79 Å². The lowest BCUT2D eigenvalue weighted by Gasteiger charge is -2.31. The van der Waals surface area contributed by atoms with Gasteiger partial charge >= 0.3 is 0 Å². The Morgan fingerprint density at radius 3 is 2.71 bits per heavy atom. The normalized spacial score (nSPS) is 19.8. The molecule has 1 aliphatic heterocycles. The number of nitrogens with zero attached hydrogens (tertiary/aromatic N) is 1. The highest BCUT2D eigenvalue weighted by Gasteiger charge is 2.21. The van der Waals surface area contributed by atoms with Crippen molar-refractivity contribution in [3.63, 3.8) is 0 Å². The van der Waals surface area contributed by atoms with Crippen molar-refractivity contribution in [1.82, 2.24) is 4.90 Å². The maximum absolute atomic E-state index is 12.2.